The lowest BCUT2D eigenvalue weighted by atomic mass is 10.1. The van der Waals surface area contributed by atoms with Crippen molar-refractivity contribution >= 4 is 16.8 Å². The van der Waals surface area contributed by atoms with Crippen LogP contribution in [0.5, 0.6) is 5.75 Å². The first kappa shape index (κ1) is 16.6. The predicted molar refractivity (Wildman–Crippen MR) is 94.5 cm³/mol. The third-order valence-corrected chi connectivity index (χ3v) is 4.91. The quantitative estimate of drug-likeness (QED) is 0.918. The molecule has 1 atom stereocenters. The van der Waals surface area contributed by atoms with Crippen LogP contribution in [0.4, 0.5) is 0 Å². The van der Waals surface area contributed by atoms with E-state index in [2.05, 4.69) is 11.9 Å². The molecule has 2 aromatic rings. The smallest absolute Gasteiger partial charge is 0.251 e. The van der Waals surface area contributed by atoms with Gasteiger partial charge in [-0.25, -0.2) is 0 Å². The summed E-state index contributed by atoms with van der Waals surface area (Å²) in [7, 11) is 1.62. The second kappa shape index (κ2) is 7.07. The largest absolute Gasteiger partial charge is 0.497 e. The lowest BCUT2D eigenvalue weighted by Crippen LogP contribution is -2.35. The average Bonchev–Trinajstić information content (AvgIpc) is 3.08. The van der Waals surface area contributed by atoms with Crippen LogP contribution in [0.2, 0.25) is 0 Å². The lowest BCUT2D eigenvalue weighted by molar-refractivity contribution is -0.132. The van der Waals surface area contributed by atoms with Crippen molar-refractivity contribution in [3.8, 4) is 5.75 Å². The zero-order valence-corrected chi connectivity index (χ0v) is 14.3. The number of ether oxygens (including phenoxy) is 1. The normalized spacial score (nSPS) is 17.4. The molecule has 1 aliphatic rings. The van der Waals surface area contributed by atoms with Gasteiger partial charge in [-0.05, 0) is 49.9 Å². The minimum atomic E-state index is -0.117. The molecular formula is C19H24N2O3. The second-order valence-electron chi connectivity index (χ2n) is 6.37. The Kier molecular flexibility index (Phi) is 4.88. The van der Waals surface area contributed by atoms with Gasteiger partial charge in [0.05, 0.1) is 7.11 Å². The molecule has 0 aliphatic carbocycles. The number of pyridine rings is 1. The number of rotatable bonds is 5. The molecule has 1 N–H and O–H groups in total. The van der Waals surface area contributed by atoms with E-state index in [-0.39, 0.29) is 11.5 Å². The van der Waals surface area contributed by atoms with Crippen LogP contribution in [0, 0.1) is 0 Å². The summed E-state index contributed by atoms with van der Waals surface area (Å²) in [5, 5.41) is 0.920. The molecule has 0 spiro atoms. The Morgan fingerprint density at radius 1 is 1.38 bits per heavy atom. The molecule has 5 nitrogen and oxygen atoms in total. The van der Waals surface area contributed by atoms with E-state index in [9.17, 15) is 9.59 Å². The molecule has 1 fully saturated rings. The van der Waals surface area contributed by atoms with E-state index < -0.39 is 0 Å². The highest BCUT2D eigenvalue weighted by Crippen LogP contribution is 2.22. The molecule has 128 valence electrons. The summed E-state index contributed by atoms with van der Waals surface area (Å²) in [6.07, 6.45) is 4.03. The summed E-state index contributed by atoms with van der Waals surface area (Å²) in [5.41, 5.74) is 1.31. The van der Waals surface area contributed by atoms with E-state index in [4.69, 9.17) is 4.74 Å². The maximum Gasteiger partial charge on any atom is 0.251 e. The zero-order chi connectivity index (χ0) is 17.1. The fourth-order valence-electron chi connectivity index (χ4n) is 3.52. The van der Waals surface area contributed by atoms with Crippen molar-refractivity contribution in [2.45, 2.75) is 45.1 Å². The van der Waals surface area contributed by atoms with Gasteiger partial charge in [0.25, 0.3) is 5.56 Å². The fraction of sp³-hybridized carbons (Fsp3) is 0.474. The maximum atomic E-state index is 12.5. The van der Waals surface area contributed by atoms with E-state index in [1.54, 1.807) is 7.11 Å². The number of hydrogen-bond acceptors (Lipinski definition) is 3. The van der Waals surface area contributed by atoms with Crippen molar-refractivity contribution < 1.29 is 9.53 Å². The first-order valence-corrected chi connectivity index (χ1v) is 8.61. The van der Waals surface area contributed by atoms with Gasteiger partial charge in [0.2, 0.25) is 5.91 Å². The van der Waals surface area contributed by atoms with Crippen LogP contribution in [-0.2, 0) is 11.2 Å². The lowest BCUT2D eigenvalue weighted by Gasteiger charge is -2.23. The van der Waals surface area contributed by atoms with Crippen molar-refractivity contribution in [1.82, 2.24) is 9.88 Å². The number of benzene rings is 1. The number of likely N-dealkylation sites (tertiary alicyclic amines) is 1. The van der Waals surface area contributed by atoms with E-state index in [1.807, 2.05) is 29.2 Å². The van der Waals surface area contributed by atoms with Crippen molar-refractivity contribution in [3.05, 3.63) is 40.2 Å². The number of aromatic amines is 1. The number of carbonyl (C=O) groups excluding carboxylic acids is 1. The van der Waals surface area contributed by atoms with Crippen molar-refractivity contribution in [2.75, 3.05) is 13.7 Å². The van der Waals surface area contributed by atoms with E-state index in [0.29, 0.717) is 24.4 Å². The molecular weight excluding hydrogens is 304 g/mol. The summed E-state index contributed by atoms with van der Waals surface area (Å²) < 4.78 is 5.23. The number of methoxy groups -OCH3 is 1. The van der Waals surface area contributed by atoms with Crippen molar-refractivity contribution in [3.63, 3.8) is 0 Å². The van der Waals surface area contributed by atoms with Gasteiger partial charge in [0.15, 0.2) is 0 Å². The van der Waals surface area contributed by atoms with Crippen LogP contribution >= 0.6 is 0 Å². The maximum absolute atomic E-state index is 12.5. The van der Waals surface area contributed by atoms with Gasteiger partial charge in [0.1, 0.15) is 5.75 Å². The standard InChI is InChI=1S/C19H24N2O3/c1-3-15-5-4-10-21(15)18(22)9-6-13-11-14-12-16(24-2)7-8-17(14)20-19(13)23/h7-8,11-12,15H,3-6,9-10H2,1-2H3,(H,20,23). The van der Waals surface area contributed by atoms with Crippen LogP contribution in [0.3, 0.4) is 0 Å². The second-order valence-corrected chi connectivity index (χ2v) is 6.37. The van der Waals surface area contributed by atoms with E-state index in [0.717, 1.165) is 42.5 Å². The number of aromatic nitrogens is 1. The number of aryl methyl sites for hydroxylation is 1. The summed E-state index contributed by atoms with van der Waals surface area (Å²) in [4.78, 5) is 29.6. The monoisotopic (exact) mass is 328 g/mol. The summed E-state index contributed by atoms with van der Waals surface area (Å²) in [6, 6.07) is 7.78. The average molecular weight is 328 g/mol. The number of H-pyrrole nitrogens is 1. The van der Waals surface area contributed by atoms with Crippen LogP contribution in [0.25, 0.3) is 10.9 Å². The molecule has 0 bridgehead atoms. The minimum Gasteiger partial charge on any atom is -0.497 e. The number of hydrogen-bond donors (Lipinski definition) is 1. The highest BCUT2D eigenvalue weighted by atomic mass is 16.5. The first-order valence-electron chi connectivity index (χ1n) is 8.61. The Morgan fingerprint density at radius 2 is 2.21 bits per heavy atom. The molecule has 5 heteroatoms. The zero-order valence-electron chi connectivity index (χ0n) is 14.3. The molecule has 1 saturated heterocycles. The molecule has 1 aromatic heterocycles. The molecule has 1 unspecified atom stereocenters. The molecule has 1 aromatic carbocycles. The third kappa shape index (κ3) is 3.30. The van der Waals surface area contributed by atoms with E-state index in [1.165, 1.54) is 0 Å². The van der Waals surface area contributed by atoms with Crippen molar-refractivity contribution in [2.24, 2.45) is 0 Å². The SMILES string of the molecule is CCC1CCCN1C(=O)CCc1cc2cc(OC)ccc2[nH]c1=O. The number of amides is 1. The highest BCUT2D eigenvalue weighted by Gasteiger charge is 2.26. The van der Waals surface area contributed by atoms with Crippen molar-refractivity contribution in [1.29, 1.82) is 0 Å². The van der Waals surface area contributed by atoms with Crippen LogP contribution in [0.15, 0.2) is 29.1 Å². The number of carbonyl (C=O) groups is 1. The third-order valence-electron chi connectivity index (χ3n) is 4.91. The molecule has 2 heterocycles. The molecule has 0 radical (unpaired) electrons. The fourth-order valence-corrected chi connectivity index (χ4v) is 3.52. The van der Waals surface area contributed by atoms with Gasteiger partial charge in [-0.3, -0.25) is 9.59 Å². The Hall–Kier alpha value is -2.30. The minimum absolute atomic E-state index is 0.117. The Bertz CT molecular complexity index is 797. The van der Waals surface area contributed by atoms with Crippen LogP contribution in [0.1, 0.15) is 38.2 Å². The summed E-state index contributed by atoms with van der Waals surface area (Å²) in [6.45, 7) is 2.97. The molecule has 3 rings (SSSR count). The number of nitrogens with zero attached hydrogens (tertiary/aromatic N) is 1. The van der Waals surface area contributed by atoms with Gasteiger partial charge in [-0.15, -0.1) is 0 Å². The Morgan fingerprint density at radius 3 is 2.96 bits per heavy atom. The predicted octanol–water partition coefficient (Wildman–Crippen LogP) is 2.87. The van der Waals surface area contributed by atoms with E-state index >= 15 is 0 Å². The molecule has 24 heavy (non-hydrogen) atoms. The Labute approximate surface area is 141 Å². The molecule has 1 amide bonds. The first-order chi connectivity index (χ1) is 11.6. The number of nitrogens with one attached hydrogen (secondary N) is 1. The topological polar surface area (TPSA) is 62.4 Å². The summed E-state index contributed by atoms with van der Waals surface area (Å²) >= 11 is 0. The van der Waals surface area contributed by atoms with Crippen LogP contribution < -0.4 is 10.3 Å². The summed E-state index contributed by atoms with van der Waals surface area (Å²) in [5.74, 6) is 0.906. The van der Waals surface area contributed by atoms with Gasteiger partial charge < -0.3 is 14.6 Å². The number of fused-ring (bicyclic) bond motifs is 1. The van der Waals surface area contributed by atoms with Gasteiger partial charge in [-0.1, -0.05) is 6.92 Å². The van der Waals surface area contributed by atoms with Gasteiger partial charge in [0, 0.05) is 35.5 Å². The Balaban J connectivity index is 1.76. The highest BCUT2D eigenvalue weighted by molar-refractivity contribution is 5.81. The molecule has 1 aliphatic heterocycles. The van der Waals surface area contributed by atoms with Gasteiger partial charge in [-0.2, -0.15) is 0 Å². The van der Waals surface area contributed by atoms with Gasteiger partial charge >= 0.3 is 0 Å². The molecule has 0 saturated carbocycles. The van der Waals surface area contributed by atoms with Crippen LogP contribution in [-0.4, -0.2) is 35.5 Å².